The molecule has 3 N–H and O–H groups in total. The summed E-state index contributed by atoms with van der Waals surface area (Å²) >= 11 is 0. The van der Waals surface area contributed by atoms with Crippen LogP contribution < -0.4 is 11.1 Å². The molecular formula is C26H19N7. The molecule has 5 aromatic rings. The summed E-state index contributed by atoms with van der Waals surface area (Å²) in [6, 6.07) is 26.2. The maximum atomic E-state index is 9.53. The van der Waals surface area contributed by atoms with Crippen LogP contribution >= 0.6 is 0 Å². The first-order valence-electron chi connectivity index (χ1n) is 10.4. The molecule has 0 aliphatic heterocycles. The molecule has 0 saturated carbocycles. The number of benzene rings is 2. The Morgan fingerprint density at radius 1 is 0.848 bits per heavy atom. The Labute approximate surface area is 190 Å². The minimum absolute atomic E-state index is 0.141. The molecule has 0 unspecified atom stereocenters. The Morgan fingerprint density at radius 3 is 2.30 bits per heavy atom. The van der Waals surface area contributed by atoms with E-state index in [-0.39, 0.29) is 11.4 Å². The van der Waals surface area contributed by atoms with Crippen molar-refractivity contribution in [3.8, 4) is 28.5 Å². The van der Waals surface area contributed by atoms with Gasteiger partial charge in [-0.25, -0.2) is 19.9 Å². The Kier molecular flexibility index (Phi) is 5.32. The maximum Gasteiger partial charge on any atom is 0.160 e. The molecule has 0 atom stereocenters. The third kappa shape index (κ3) is 3.82. The number of anilines is 2. The summed E-state index contributed by atoms with van der Waals surface area (Å²) in [6.45, 7) is 0.372. The van der Waals surface area contributed by atoms with Crippen molar-refractivity contribution in [2.24, 2.45) is 0 Å². The number of hydrogen-bond acceptors (Lipinski definition) is 7. The van der Waals surface area contributed by atoms with Crippen LogP contribution in [0.25, 0.3) is 33.4 Å². The van der Waals surface area contributed by atoms with Gasteiger partial charge in [0.25, 0.3) is 0 Å². The van der Waals surface area contributed by atoms with Gasteiger partial charge in [0.15, 0.2) is 5.65 Å². The van der Waals surface area contributed by atoms with Crippen LogP contribution in [0.4, 0.5) is 11.6 Å². The number of nitriles is 1. The highest BCUT2D eigenvalue weighted by Gasteiger charge is 2.19. The van der Waals surface area contributed by atoms with Gasteiger partial charge in [-0.15, -0.1) is 0 Å². The summed E-state index contributed by atoms with van der Waals surface area (Å²) in [4.78, 5) is 17.6. The fraction of sp³-hybridized carbons (Fsp3) is 0.0385. The molecule has 7 heteroatoms. The SMILES string of the molecule is N#Cc1c(N)ncnc1NCc1c(-c2ccccc2)nc2ncccc2c1-c1ccccc1. The molecule has 7 nitrogen and oxygen atoms in total. The van der Waals surface area contributed by atoms with E-state index in [1.165, 1.54) is 6.33 Å². The first kappa shape index (κ1) is 20.1. The Morgan fingerprint density at radius 2 is 1.58 bits per heavy atom. The van der Waals surface area contributed by atoms with Gasteiger partial charge in [0.2, 0.25) is 0 Å². The van der Waals surface area contributed by atoms with Crippen LogP contribution in [0.1, 0.15) is 11.1 Å². The fourth-order valence-corrected chi connectivity index (χ4v) is 3.89. The molecule has 5 rings (SSSR count). The molecule has 0 amide bonds. The van der Waals surface area contributed by atoms with Gasteiger partial charge in [0.1, 0.15) is 29.6 Å². The fourth-order valence-electron chi connectivity index (χ4n) is 3.89. The second-order valence-corrected chi connectivity index (χ2v) is 7.37. The minimum Gasteiger partial charge on any atom is -0.382 e. The first-order valence-corrected chi connectivity index (χ1v) is 10.4. The molecule has 0 aliphatic rings. The highest BCUT2D eigenvalue weighted by Crippen LogP contribution is 2.37. The van der Waals surface area contributed by atoms with E-state index >= 15 is 0 Å². The van der Waals surface area contributed by atoms with Gasteiger partial charge in [-0.1, -0.05) is 60.7 Å². The van der Waals surface area contributed by atoms with Gasteiger partial charge in [0, 0.05) is 29.3 Å². The number of hydrogen-bond donors (Lipinski definition) is 2. The number of nitrogens with zero attached hydrogens (tertiary/aromatic N) is 5. The second kappa shape index (κ2) is 8.73. The van der Waals surface area contributed by atoms with Gasteiger partial charge in [-0.05, 0) is 23.3 Å². The predicted molar refractivity (Wildman–Crippen MR) is 129 cm³/mol. The van der Waals surface area contributed by atoms with Crippen molar-refractivity contribution in [1.29, 1.82) is 5.26 Å². The molecule has 0 fully saturated rings. The molecule has 0 spiro atoms. The lowest BCUT2D eigenvalue weighted by Crippen LogP contribution is -2.10. The quantitative estimate of drug-likeness (QED) is 0.412. The van der Waals surface area contributed by atoms with Crippen molar-refractivity contribution in [2.75, 3.05) is 11.1 Å². The number of fused-ring (bicyclic) bond motifs is 1. The monoisotopic (exact) mass is 429 g/mol. The summed E-state index contributed by atoms with van der Waals surface area (Å²) in [7, 11) is 0. The van der Waals surface area contributed by atoms with Gasteiger partial charge in [-0.2, -0.15) is 5.26 Å². The molecule has 0 bridgehead atoms. The van der Waals surface area contributed by atoms with Crippen molar-refractivity contribution >= 4 is 22.7 Å². The highest BCUT2D eigenvalue weighted by molar-refractivity contribution is 5.97. The number of nitrogens with one attached hydrogen (secondary N) is 1. The van der Waals surface area contributed by atoms with Crippen LogP contribution in [0.2, 0.25) is 0 Å². The summed E-state index contributed by atoms with van der Waals surface area (Å²) < 4.78 is 0. The van der Waals surface area contributed by atoms with Crippen LogP contribution in [0, 0.1) is 11.3 Å². The average molecular weight is 429 g/mol. The van der Waals surface area contributed by atoms with E-state index < -0.39 is 0 Å². The molecule has 0 saturated heterocycles. The highest BCUT2D eigenvalue weighted by atomic mass is 15.0. The Balaban J connectivity index is 1.75. The second-order valence-electron chi connectivity index (χ2n) is 7.37. The lowest BCUT2D eigenvalue weighted by atomic mass is 9.93. The number of rotatable bonds is 5. The largest absolute Gasteiger partial charge is 0.382 e. The zero-order valence-corrected chi connectivity index (χ0v) is 17.6. The number of nitrogen functional groups attached to an aromatic ring is 1. The summed E-state index contributed by atoms with van der Waals surface area (Å²) in [5.74, 6) is 0.525. The molecule has 2 aromatic carbocycles. The molecule has 3 aromatic heterocycles. The molecular weight excluding hydrogens is 410 g/mol. The third-order valence-corrected chi connectivity index (χ3v) is 5.39. The Hall–Kier alpha value is -4.83. The van der Waals surface area contributed by atoms with E-state index in [2.05, 4.69) is 38.5 Å². The molecule has 33 heavy (non-hydrogen) atoms. The van der Waals surface area contributed by atoms with Crippen molar-refractivity contribution in [3.05, 3.63) is 96.4 Å². The molecule has 0 radical (unpaired) electrons. The lowest BCUT2D eigenvalue weighted by molar-refractivity contribution is 1.07. The number of nitrogens with two attached hydrogens (primary N) is 1. The van der Waals surface area contributed by atoms with Crippen molar-refractivity contribution in [2.45, 2.75) is 6.54 Å². The number of aromatic nitrogens is 4. The smallest absolute Gasteiger partial charge is 0.160 e. The van der Waals surface area contributed by atoms with Gasteiger partial charge in [-0.3, -0.25) is 0 Å². The summed E-state index contributed by atoms with van der Waals surface area (Å²) in [5.41, 5.74) is 11.6. The minimum atomic E-state index is 0.141. The van der Waals surface area contributed by atoms with Crippen LogP contribution in [0.15, 0.2) is 85.3 Å². The molecule has 0 aliphatic carbocycles. The van der Waals surface area contributed by atoms with E-state index in [1.54, 1.807) is 6.20 Å². The molecule has 158 valence electrons. The van der Waals surface area contributed by atoms with Crippen LogP contribution in [-0.4, -0.2) is 19.9 Å². The Bertz CT molecular complexity index is 1480. The topological polar surface area (TPSA) is 113 Å². The van der Waals surface area contributed by atoms with Crippen LogP contribution in [-0.2, 0) is 6.54 Å². The first-order chi connectivity index (χ1) is 16.3. The van der Waals surface area contributed by atoms with Crippen LogP contribution in [0.3, 0.4) is 0 Å². The van der Waals surface area contributed by atoms with Gasteiger partial charge >= 0.3 is 0 Å². The van der Waals surface area contributed by atoms with E-state index in [0.29, 0.717) is 18.0 Å². The zero-order valence-electron chi connectivity index (χ0n) is 17.6. The van der Waals surface area contributed by atoms with E-state index in [0.717, 1.165) is 33.3 Å². The standard InChI is InChI=1S/C26H19N7/c27-14-20-24(28)31-16-32-25(20)30-15-21-22(17-8-3-1-4-9-17)19-12-7-13-29-26(19)33-23(21)18-10-5-2-6-11-18/h1-13,16H,15H2,(H3,28,30,31,32). The van der Waals surface area contributed by atoms with E-state index in [4.69, 9.17) is 10.7 Å². The van der Waals surface area contributed by atoms with Crippen LogP contribution in [0.5, 0.6) is 0 Å². The third-order valence-electron chi connectivity index (χ3n) is 5.39. The maximum absolute atomic E-state index is 9.53. The van der Waals surface area contributed by atoms with Gasteiger partial charge in [0.05, 0.1) is 5.69 Å². The normalized spacial score (nSPS) is 10.6. The zero-order chi connectivity index (χ0) is 22.6. The number of pyridine rings is 2. The van der Waals surface area contributed by atoms with Crippen molar-refractivity contribution in [1.82, 2.24) is 19.9 Å². The van der Waals surface area contributed by atoms with E-state index in [1.807, 2.05) is 60.7 Å². The lowest BCUT2D eigenvalue weighted by Gasteiger charge is -2.18. The molecule has 3 heterocycles. The summed E-state index contributed by atoms with van der Waals surface area (Å²) in [6.07, 6.45) is 3.09. The van der Waals surface area contributed by atoms with E-state index in [9.17, 15) is 5.26 Å². The van der Waals surface area contributed by atoms with Crippen molar-refractivity contribution in [3.63, 3.8) is 0 Å². The van der Waals surface area contributed by atoms with Gasteiger partial charge < -0.3 is 11.1 Å². The average Bonchev–Trinajstić information content (AvgIpc) is 2.87. The predicted octanol–water partition coefficient (Wildman–Crippen LogP) is 4.82. The summed E-state index contributed by atoms with van der Waals surface area (Å²) in [5, 5.41) is 13.8. The van der Waals surface area contributed by atoms with Crippen molar-refractivity contribution < 1.29 is 0 Å².